The lowest BCUT2D eigenvalue weighted by molar-refractivity contribution is -0.667. The van der Waals surface area contributed by atoms with E-state index < -0.39 is 19.1 Å². The van der Waals surface area contributed by atoms with E-state index in [2.05, 4.69) is 268 Å². The number of hydrogen-bond acceptors (Lipinski definition) is 0. The fraction of sp³-hybridized carbons (Fsp3) is 0.333. The molecule has 6 aromatic carbocycles. The molecule has 0 fully saturated rings. The Morgan fingerprint density at radius 3 is 1.17 bits per heavy atom. The van der Waals surface area contributed by atoms with Crippen LogP contribution in [0.5, 0.6) is 0 Å². The van der Waals surface area contributed by atoms with E-state index in [1.165, 1.54) is 181 Å². The van der Waals surface area contributed by atoms with Crippen molar-refractivity contribution in [1.82, 2.24) is 0 Å². The maximum absolute atomic E-state index is 8.30. The van der Waals surface area contributed by atoms with Gasteiger partial charge in [-0.15, -0.1) is 0 Å². The van der Waals surface area contributed by atoms with Crippen LogP contribution in [0.25, 0.3) is 67.5 Å². The molecule has 6 heteroatoms. The summed E-state index contributed by atoms with van der Waals surface area (Å²) < 4.78 is 60.9. The Morgan fingerprint density at radius 2 is 0.676 bits per heavy atom. The van der Waals surface area contributed by atoms with Crippen molar-refractivity contribution >= 4 is 0 Å². The predicted molar refractivity (Wildman–Crippen MR) is 435 cm³/mol. The number of aromatic nitrogens is 6. The van der Waals surface area contributed by atoms with Crippen molar-refractivity contribution in [3.63, 3.8) is 0 Å². The van der Waals surface area contributed by atoms with Crippen molar-refractivity contribution < 1.29 is 35.6 Å². The maximum atomic E-state index is 8.30. The van der Waals surface area contributed by atoms with Crippen molar-refractivity contribution in [1.29, 1.82) is 0 Å². The second-order valence-electron chi connectivity index (χ2n) is 29.9. The van der Waals surface area contributed by atoms with Crippen LogP contribution in [0.1, 0.15) is 174 Å². The Labute approximate surface area is 638 Å². The van der Waals surface area contributed by atoms with E-state index in [9.17, 15) is 0 Å². The predicted octanol–water partition coefficient (Wildman–Crippen LogP) is 19.7. The summed E-state index contributed by atoms with van der Waals surface area (Å²) in [6.45, 7) is 11.7. The van der Waals surface area contributed by atoms with Crippen molar-refractivity contribution in [3.8, 4) is 67.5 Å². The molecule has 0 aliphatic heterocycles. The van der Waals surface area contributed by atoms with Crippen LogP contribution in [0.3, 0.4) is 0 Å². The molecule has 1 unspecified atom stereocenters. The molecule has 6 nitrogen and oxygen atoms in total. The van der Waals surface area contributed by atoms with Crippen molar-refractivity contribution in [2.45, 2.75) is 177 Å². The molecule has 17 rings (SSSR count). The topological polar surface area (TPSA) is 23.3 Å². The minimum Gasteiger partial charge on any atom is -0.201 e. The second kappa shape index (κ2) is 34.9. The minimum absolute atomic E-state index is 0.535. The zero-order valence-corrected chi connectivity index (χ0v) is 65.1. The molecule has 536 valence electrons. The molecule has 5 aliphatic carbocycles. The van der Waals surface area contributed by atoms with E-state index in [4.69, 9.17) is 8.22 Å². The van der Waals surface area contributed by atoms with Gasteiger partial charge in [-0.3, -0.25) is 0 Å². The van der Waals surface area contributed by atoms with Crippen LogP contribution in [-0.2, 0) is 106 Å². The van der Waals surface area contributed by atoms with Gasteiger partial charge < -0.3 is 0 Å². The molecule has 105 heavy (non-hydrogen) atoms. The third kappa shape index (κ3) is 17.6. The smallest absolute Gasteiger partial charge is 0.201 e. The molecule has 0 radical (unpaired) electrons. The largest absolute Gasteiger partial charge is 0.216 e. The zero-order valence-electron chi connectivity index (χ0n) is 71.1. The highest BCUT2D eigenvalue weighted by Gasteiger charge is 2.27. The molecule has 5 aliphatic rings. The van der Waals surface area contributed by atoms with Gasteiger partial charge in [-0.2, -0.15) is 4.57 Å². The third-order valence-electron chi connectivity index (χ3n) is 22.5. The summed E-state index contributed by atoms with van der Waals surface area (Å²) in [5, 5.41) is 0. The Hall–Kier alpha value is -9.78. The quantitative estimate of drug-likeness (QED) is 0.142. The molecule has 1 atom stereocenters. The average molecular weight is 1400 g/mol. The Balaban J connectivity index is 0.000000124. The number of benzene rings is 6. The first-order valence-corrected chi connectivity index (χ1v) is 38.6. The number of fused-ring (bicyclic) bond motifs is 5. The molecule has 6 heterocycles. The van der Waals surface area contributed by atoms with Gasteiger partial charge in [0.25, 0.3) is 0 Å². The van der Waals surface area contributed by atoms with Gasteiger partial charge in [0.1, 0.15) is 42.3 Å². The Kier molecular flexibility index (Phi) is 22.3. The lowest BCUT2D eigenvalue weighted by atomic mass is 9.88. The summed E-state index contributed by atoms with van der Waals surface area (Å²) in [6.07, 6.45) is 30.4. The van der Waals surface area contributed by atoms with Gasteiger partial charge in [-0.1, -0.05) is 123 Å². The van der Waals surface area contributed by atoms with Gasteiger partial charge in [0.05, 0.1) is 0 Å². The lowest BCUT2D eigenvalue weighted by Crippen LogP contribution is -2.36. The highest BCUT2D eigenvalue weighted by Crippen LogP contribution is 2.34. The lowest BCUT2D eigenvalue weighted by Gasteiger charge is -2.17. The van der Waals surface area contributed by atoms with Gasteiger partial charge in [0.15, 0.2) is 36.7 Å². The van der Waals surface area contributed by atoms with E-state index in [0.29, 0.717) is 12.0 Å². The summed E-state index contributed by atoms with van der Waals surface area (Å²) >= 11 is 0. The van der Waals surface area contributed by atoms with Gasteiger partial charge in [-0.05, 0) is 260 Å². The van der Waals surface area contributed by atoms with Gasteiger partial charge >= 0.3 is 0 Å². The number of nitrogens with zero attached hydrogens (tertiary/aromatic N) is 6. The number of rotatable bonds is 7. The van der Waals surface area contributed by atoms with E-state index in [-0.39, 0.29) is 0 Å². The molecule has 0 saturated carbocycles. The third-order valence-corrected chi connectivity index (χ3v) is 22.5. The Morgan fingerprint density at radius 1 is 0.324 bits per heavy atom. The van der Waals surface area contributed by atoms with E-state index >= 15 is 0 Å². The first-order valence-electron chi connectivity index (χ1n) is 41.6. The summed E-state index contributed by atoms with van der Waals surface area (Å²) in [6, 6.07) is 68.2. The van der Waals surface area contributed by atoms with Gasteiger partial charge in [-0.25, -0.2) is 22.8 Å². The van der Waals surface area contributed by atoms with Crippen LogP contribution in [0.2, 0.25) is 0 Å². The highest BCUT2D eigenvalue weighted by atomic mass is 15.0. The number of pyridine rings is 6. The van der Waals surface area contributed by atoms with Crippen molar-refractivity contribution in [3.05, 3.63) is 320 Å². The van der Waals surface area contributed by atoms with Crippen LogP contribution in [0, 0.1) is 41.5 Å². The number of hydrogen-bond donors (Lipinski definition) is 0. The first kappa shape index (κ1) is 67.1. The SMILES string of the molecule is C[n+]1ccc2c(c1-c1ccccc1)CCC2.Cc1ccccc1-c1c2c(cc[n+]1C)CCCC2.Cc1ccccc1-c1cc2c(c[n+]1C)CCC2.Cc1ccccc1-c1cc2c(c[n+]1C)CCCC2.[2H]C([2H])([2H])C([2H])(C)c1ccc(-c2ccccc2C)[n+](C)c1C.[2H]C1([2H])CCCc2c[n+](C)c(-c3ccccc3C)cc21. The van der Waals surface area contributed by atoms with E-state index in [0.717, 1.165) is 52.2 Å². The molecular weight excluding hydrogens is 1270 g/mol. The number of aryl methyl sites for hydroxylation is 18. The minimum atomic E-state index is -2.37. The van der Waals surface area contributed by atoms with Crippen LogP contribution >= 0.6 is 0 Å². The fourth-order valence-corrected chi connectivity index (χ4v) is 16.5. The van der Waals surface area contributed by atoms with Crippen LogP contribution in [0.4, 0.5) is 0 Å². The summed E-state index contributed by atoms with van der Waals surface area (Å²) in [5.74, 6) is -1.63. The monoisotopic (exact) mass is 1390 g/mol. The van der Waals surface area contributed by atoms with Gasteiger partial charge in [0, 0.05) is 118 Å². The summed E-state index contributed by atoms with van der Waals surface area (Å²) in [7, 11) is 12.6. The Bertz CT molecular complexity index is 5320. The van der Waals surface area contributed by atoms with Crippen molar-refractivity contribution in [2.24, 2.45) is 42.3 Å². The van der Waals surface area contributed by atoms with Gasteiger partial charge in [0.2, 0.25) is 34.2 Å². The molecule has 0 bridgehead atoms. The maximum Gasteiger partial charge on any atom is 0.216 e. The van der Waals surface area contributed by atoms with E-state index in [1.807, 2.05) is 62.0 Å². The molecule has 12 aromatic rings. The standard InChI is InChI=1S/3C17H20N.C17H22N.C16H18N.C15H16N/c2*1-13-7-3-6-10-16(13)17-11-14-8-4-5-9-15(14)12-18(17)2;1-13-7-3-5-9-15(13)17-16-10-6-4-8-14(16)11-12-18(17)2;1-12(2)15-10-11-17(18(5)14(15)4)16-9-7-6-8-13(16)3;1-12-6-3-4-9-15(12)16-10-13-7-5-8-14(13)11-17(16)2;1-16-11-10-12-8-5-9-14(12)15(16)13-6-3-2-4-7-13/h2*3,6-7,10-12H,4-5,8-9H2,1-2H3;3,5,7,9,11-12H,4,6,8,10H2,1-2H3;6-12H,1-5H3;3-4,6,9-11H,5,7-8H2,1-2H3;2-4,6-7,10-11H,5,8-9H2,1H3/q6*+1/i8D2;;;1D3,12D;;. The summed E-state index contributed by atoms with van der Waals surface area (Å²) in [4.78, 5) is 0. The van der Waals surface area contributed by atoms with Crippen LogP contribution in [0.15, 0.2) is 225 Å². The molecule has 0 spiro atoms. The normalized spacial score (nSPS) is 15.6. The van der Waals surface area contributed by atoms with Crippen LogP contribution in [-0.4, -0.2) is 0 Å². The zero-order chi connectivity index (χ0) is 78.9. The molecule has 6 aromatic heterocycles. The molecular formula is C99H116N6+6. The van der Waals surface area contributed by atoms with E-state index in [1.54, 1.807) is 39.4 Å². The molecule has 0 saturated heterocycles. The molecule has 0 amide bonds. The second-order valence-corrected chi connectivity index (χ2v) is 29.9. The average Bonchev–Trinajstić information content (AvgIpc) is 1.72. The fourth-order valence-electron chi connectivity index (χ4n) is 16.5. The highest BCUT2D eigenvalue weighted by molar-refractivity contribution is 5.68. The van der Waals surface area contributed by atoms with Crippen LogP contribution < -0.4 is 27.4 Å². The molecule has 0 N–H and O–H groups in total. The first-order chi connectivity index (χ1) is 53.2. The van der Waals surface area contributed by atoms with Crippen molar-refractivity contribution in [2.75, 3.05) is 0 Å². The summed E-state index contributed by atoms with van der Waals surface area (Å²) in [5.41, 5.74) is 37.5.